The van der Waals surface area contributed by atoms with E-state index in [2.05, 4.69) is 0 Å². The zero-order chi connectivity index (χ0) is 11.4. The smallest absolute Gasteiger partial charge is 0.158 e. The normalized spacial score (nSPS) is 21.0. The predicted molar refractivity (Wildman–Crippen MR) is 64.8 cm³/mol. The average Bonchev–Trinajstić information content (AvgIpc) is 2.30. The van der Waals surface area contributed by atoms with Gasteiger partial charge in [0.15, 0.2) is 6.29 Å². The van der Waals surface area contributed by atoms with Crippen molar-refractivity contribution >= 4 is 23.2 Å². The van der Waals surface area contributed by atoms with Crippen LogP contribution in [0.1, 0.15) is 24.8 Å². The minimum absolute atomic E-state index is 0.110. The number of benzene rings is 1. The molecule has 1 aliphatic rings. The lowest BCUT2D eigenvalue weighted by Crippen LogP contribution is -2.22. The Kier molecular flexibility index (Phi) is 4.47. The molecule has 2 nitrogen and oxygen atoms in total. The first-order valence-electron chi connectivity index (χ1n) is 5.43. The Morgan fingerprint density at radius 2 is 2.00 bits per heavy atom. The molecule has 16 heavy (non-hydrogen) atoms. The summed E-state index contributed by atoms with van der Waals surface area (Å²) >= 11 is 12.1. The Hall–Kier alpha value is -0.280. The summed E-state index contributed by atoms with van der Waals surface area (Å²) in [6.45, 7) is 1.18. The number of halogens is 2. The van der Waals surface area contributed by atoms with E-state index < -0.39 is 0 Å². The fraction of sp³-hybridized carbons (Fsp3) is 0.500. The van der Waals surface area contributed by atoms with Gasteiger partial charge in [-0.1, -0.05) is 29.3 Å². The number of hydrogen-bond donors (Lipinski definition) is 0. The molecule has 2 rings (SSSR count). The van der Waals surface area contributed by atoms with Crippen LogP contribution < -0.4 is 0 Å². The van der Waals surface area contributed by atoms with Gasteiger partial charge in [-0.15, -0.1) is 0 Å². The standard InChI is InChI=1S/C12H14Cl2O2/c13-10-4-3-5-11(14)9(10)8-16-12-6-1-2-7-15-12/h3-5,12H,1-2,6-8H2. The zero-order valence-corrected chi connectivity index (χ0v) is 10.4. The molecule has 88 valence electrons. The lowest BCUT2D eigenvalue weighted by Gasteiger charge is -2.23. The van der Waals surface area contributed by atoms with Gasteiger partial charge in [0.05, 0.1) is 6.61 Å². The van der Waals surface area contributed by atoms with Gasteiger partial charge in [0.25, 0.3) is 0 Å². The van der Waals surface area contributed by atoms with E-state index in [0.29, 0.717) is 16.7 Å². The summed E-state index contributed by atoms with van der Waals surface area (Å²) in [4.78, 5) is 0. The van der Waals surface area contributed by atoms with Crippen LogP contribution in [-0.2, 0) is 16.1 Å². The van der Waals surface area contributed by atoms with Crippen molar-refractivity contribution in [2.24, 2.45) is 0 Å². The maximum atomic E-state index is 6.04. The molecule has 1 aromatic rings. The molecule has 0 saturated carbocycles. The molecule has 0 spiro atoms. The third-order valence-electron chi connectivity index (χ3n) is 2.61. The Bertz CT molecular complexity index is 329. The third-order valence-corrected chi connectivity index (χ3v) is 3.32. The molecule has 1 aromatic carbocycles. The van der Waals surface area contributed by atoms with Gasteiger partial charge < -0.3 is 9.47 Å². The molecule has 0 N–H and O–H groups in total. The number of ether oxygens (including phenoxy) is 2. The summed E-state index contributed by atoms with van der Waals surface area (Å²) in [7, 11) is 0. The molecule has 0 aromatic heterocycles. The van der Waals surface area contributed by atoms with Gasteiger partial charge in [-0.25, -0.2) is 0 Å². The molecule has 0 aliphatic carbocycles. The van der Waals surface area contributed by atoms with Crippen molar-refractivity contribution in [2.75, 3.05) is 6.61 Å². The first kappa shape index (κ1) is 12.2. The molecule has 0 amide bonds. The van der Waals surface area contributed by atoms with Gasteiger partial charge >= 0.3 is 0 Å². The lowest BCUT2D eigenvalue weighted by molar-refractivity contribution is -0.168. The Labute approximate surface area is 105 Å². The second kappa shape index (κ2) is 5.87. The second-order valence-electron chi connectivity index (χ2n) is 3.81. The van der Waals surface area contributed by atoms with Crippen molar-refractivity contribution in [3.8, 4) is 0 Å². The molecule has 0 radical (unpaired) electrons. The Morgan fingerprint density at radius 1 is 1.25 bits per heavy atom. The maximum Gasteiger partial charge on any atom is 0.158 e. The highest BCUT2D eigenvalue weighted by atomic mass is 35.5. The van der Waals surface area contributed by atoms with Crippen LogP contribution >= 0.6 is 23.2 Å². The molecule has 1 atom stereocenters. The van der Waals surface area contributed by atoms with Gasteiger partial charge in [-0.05, 0) is 31.4 Å². The van der Waals surface area contributed by atoms with E-state index in [1.165, 1.54) is 0 Å². The fourth-order valence-corrected chi connectivity index (χ4v) is 2.20. The zero-order valence-electron chi connectivity index (χ0n) is 8.92. The van der Waals surface area contributed by atoms with E-state index in [-0.39, 0.29) is 6.29 Å². The largest absolute Gasteiger partial charge is 0.353 e. The van der Waals surface area contributed by atoms with Crippen LogP contribution in [0.3, 0.4) is 0 Å². The van der Waals surface area contributed by atoms with Crippen LogP contribution in [0.5, 0.6) is 0 Å². The summed E-state index contributed by atoms with van der Waals surface area (Å²) in [5, 5.41) is 1.28. The van der Waals surface area contributed by atoms with Crippen LogP contribution in [0.25, 0.3) is 0 Å². The highest BCUT2D eigenvalue weighted by Gasteiger charge is 2.15. The summed E-state index contributed by atoms with van der Waals surface area (Å²) in [5.74, 6) is 0. The van der Waals surface area contributed by atoms with Crippen LogP contribution in [-0.4, -0.2) is 12.9 Å². The second-order valence-corrected chi connectivity index (χ2v) is 4.62. The number of rotatable bonds is 3. The summed E-state index contributed by atoms with van der Waals surface area (Å²) in [6, 6.07) is 5.45. The molecule has 4 heteroatoms. The predicted octanol–water partition coefficient (Wildman–Crippen LogP) is 4.04. The quantitative estimate of drug-likeness (QED) is 0.817. The molecular weight excluding hydrogens is 247 g/mol. The lowest BCUT2D eigenvalue weighted by atomic mass is 10.2. The van der Waals surface area contributed by atoms with Gasteiger partial charge in [0, 0.05) is 22.2 Å². The van der Waals surface area contributed by atoms with Crippen LogP contribution in [0.4, 0.5) is 0 Å². The van der Waals surface area contributed by atoms with E-state index in [9.17, 15) is 0 Å². The maximum absolute atomic E-state index is 6.04. The minimum atomic E-state index is -0.110. The van der Waals surface area contributed by atoms with E-state index in [4.69, 9.17) is 32.7 Å². The van der Waals surface area contributed by atoms with Crippen molar-refractivity contribution in [3.05, 3.63) is 33.8 Å². The fourth-order valence-electron chi connectivity index (χ4n) is 1.69. The van der Waals surface area contributed by atoms with E-state index in [1.807, 2.05) is 18.2 Å². The molecule has 0 bridgehead atoms. The SMILES string of the molecule is Clc1cccc(Cl)c1COC1CCCCO1. The summed E-state index contributed by atoms with van der Waals surface area (Å²) in [5.41, 5.74) is 0.833. The first-order chi connectivity index (χ1) is 7.77. The van der Waals surface area contributed by atoms with Gasteiger partial charge in [0.2, 0.25) is 0 Å². The molecular formula is C12H14Cl2O2. The first-order valence-corrected chi connectivity index (χ1v) is 6.19. The molecule has 1 saturated heterocycles. The molecule has 1 unspecified atom stereocenters. The highest BCUT2D eigenvalue weighted by molar-refractivity contribution is 6.35. The Morgan fingerprint density at radius 3 is 2.62 bits per heavy atom. The van der Waals surface area contributed by atoms with E-state index >= 15 is 0 Å². The number of hydrogen-bond acceptors (Lipinski definition) is 2. The van der Waals surface area contributed by atoms with Crippen LogP contribution in [0.15, 0.2) is 18.2 Å². The van der Waals surface area contributed by atoms with Crippen molar-refractivity contribution in [1.82, 2.24) is 0 Å². The molecule has 1 heterocycles. The third kappa shape index (κ3) is 3.11. The minimum Gasteiger partial charge on any atom is -0.353 e. The van der Waals surface area contributed by atoms with Crippen LogP contribution in [0.2, 0.25) is 10.0 Å². The highest BCUT2D eigenvalue weighted by Crippen LogP contribution is 2.26. The molecule has 1 aliphatic heterocycles. The summed E-state index contributed by atoms with van der Waals surface area (Å²) in [6.07, 6.45) is 3.11. The van der Waals surface area contributed by atoms with Gasteiger partial charge in [-0.3, -0.25) is 0 Å². The molecule has 1 fully saturated rings. The summed E-state index contributed by atoms with van der Waals surface area (Å²) < 4.78 is 11.1. The van der Waals surface area contributed by atoms with E-state index in [1.54, 1.807) is 0 Å². The van der Waals surface area contributed by atoms with Crippen molar-refractivity contribution < 1.29 is 9.47 Å². The van der Waals surface area contributed by atoms with Crippen molar-refractivity contribution in [3.63, 3.8) is 0 Å². The van der Waals surface area contributed by atoms with Crippen molar-refractivity contribution in [2.45, 2.75) is 32.2 Å². The topological polar surface area (TPSA) is 18.5 Å². The monoisotopic (exact) mass is 260 g/mol. The van der Waals surface area contributed by atoms with Crippen molar-refractivity contribution in [1.29, 1.82) is 0 Å². The van der Waals surface area contributed by atoms with Crippen LogP contribution in [0, 0.1) is 0 Å². The van der Waals surface area contributed by atoms with Gasteiger partial charge in [0.1, 0.15) is 0 Å². The Balaban J connectivity index is 1.93. The average molecular weight is 261 g/mol. The van der Waals surface area contributed by atoms with Gasteiger partial charge in [-0.2, -0.15) is 0 Å². The van der Waals surface area contributed by atoms with E-state index in [0.717, 1.165) is 31.4 Å².